The van der Waals surface area contributed by atoms with E-state index in [9.17, 15) is 0 Å². The summed E-state index contributed by atoms with van der Waals surface area (Å²) in [5.41, 5.74) is 6.28. The standard InChI is InChI=1S/C30H32N2O2/c1-2-7-23(8-3-1)12-13-26-19-24-9-6-10-25-20-30(33-17-18-34-30)15-14-29(25,28(24)22-32-26)21-27-11-4-5-16-31-27/h1-5,7-8,11-13,16,19,22,25H,6,9-10,14-15,17-18,20-21H2/b13-12+. The van der Waals surface area contributed by atoms with Gasteiger partial charge < -0.3 is 9.47 Å². The molecule has 1 aliphatic heterocycles. The Morgan fingerprint density at radius 1 is 0.941 bits per heavy atom. The maximum absolute atomic E-state index is 6.18. The molecule has 4 nitrogen and oxygen atoms in total. The third-order valence-electron chi connectivity index (χ3n) is 8.12. The molecule has 3 aliphatic rings. The van der Waals surface area contributed by atoms with E-state index in [1.807, 2.05) is 18.3 Å². The maximum Gasteiger partial charge on any atom is 0.168 e. The minimum Gasteiger partial charge on any atom is -0.348 e. The number of hydrogen-bond acceptors (Lipinski definition) is 4. The zero-order valence-electron chi connectivity index (χ0n) is 19.7. The molecular formula is C30H32N2O2. The molecule has 4 heteroatoms. The van der Waals surface area contributed by atoms with Gasteiger partial charge in [-0.05, 0) is 79.0 Å². The second kappa shape index (κ2) is 9.09. The number of nitrogens with zero attached hydrogens (tertiary/aromatic N) is 2. The average Bonchev–Trinajstić information content (AvgIpc) is 3.28. The van der Waals surface area contributed by atoms with E-state index >= 15 is 0 Å². The van der Waals surface area contributed by atoms with Crippen molar-refractivity contribution in [3.05, 3.63) is 95.1 Å². The second-order valence-electron chi connectivity index (χ2n) is 10.1. The molecule has 2 fully saturated rings. The van der Waals surface area contributed by atoms with Crippen molar-refractivity contribution in [2.24, 2.45) is 5.92 Å². The van der Waals surface area contributed by atoms with Gasteiger partial charge in [-0.3, -0.25) is 9.97 Å². The first-order valence-electron chi connectivity index (χ1n) is 12.7. The highest BCUT2D eigenvalue weighted by molar-refractivity contribution is 5.68. The van der Waals surface area contributed by atoms with Gasteiger partial charge in [-0.1, -0.05) is 42.5 Å². The summed E-state index contributed by atoms with van der Waals surface area (Å²) in [5.74, 6) is 0.115. The van der Waals surface area contributed by atoms with Crippen molar-refractivity contribution in [3.8, 4) is 0 Å². The van der Waals surface area contributed by atoms with Crippen LogP contribution in [0.4, 0.5) is 0 Å². The number of aryl methyl sites for hydroxylation is 1. The van der Waals surface area contributed by atoms with Gasteiger partial charge in [-0.15, -0.1) is 0 Å². The van der Waals surface area contributed by atoms with Gasteiger partial charge in [0.2, 0.25) is 0 Å². The molecule has 2 aromatic heterocycles. The summed E-state index contributed by atoms with van der Waals surface area (Å²) in [6, 6.07) is 19.0. The largest absolute Gasteiger partial charge is 0.348 e. The van der Waals surface area contributed by atoms with Gasteiger partial charge in [0.05, 0.1) is 18.9 Å². The summed E-state index contributed by atoms with van der Waals surface area (Å²) < 4.78 is 12.4. The highest BCUT2D eigenvalue weighted by Crippen LogP contribution is 2.55. The van der Waals surface area contributed by atoms with Crippen molar-refractivity contribution in [2.75, 3.05) is 13.2 Å². The lowest BCUT2D eigenvalue weighted by Gasteiger charge is -2.49. The summed E-state index contributed by atoms with van der Waals surface area (Å²) in [6.45, 7) is 1.43. The van der Waals surface area contributed by atoms with Gasteiger partial charge >= 0.3 is 0 Å². The molecule has 1 aromatic carbocycles. The smallest absolute Gasteiger partial charge is 0.168 e. The van der Waals surface area contributed by atoms with E-state index in [0.29, 0.717) is 5.92 Å². The number of benzene rings is 1. The van der Waals surface area contributed by atoms with Crippen LogP contribution in [-0.2, 0) is 27.7 Å². The van der Waals surface area contributed by atoms with Crippen LogP contribution >= 0.6 is 0 Å². The number of rotatable bonds is 4. The van der Waals surface area contributed by atoms with Gasteiger partial charge in [0, 0.05) is 36.3 Å². The Kier molecular flexibility index (Phi) is 5.80. The van der Waals surface area contributed by atoms with Crippen LogP contribution in [0.15, 0.2) is 67.0 Å². The van der Waals surface area contributed by atoms with E-state index < -0.39 is 0 Å². The molecule has 2 aliphatic carbocycles. The molecule has 1 saturated carbocycles. The molecule has 0 radical (unpaired) electrons. The fourth-order valence-corrected chi connectivity index (χ4v) is 6.48. The molecule has 0 bridgehead atoms. The summed E-state index contributed by atoms with van der Waals surface area (Å²) in [4.78, 5) is 9.68. The Morgan fingerprint density at radius 3 is 2.62 bits per heavy atom. The predicted octanol–water partition coefficient (Wildman–Crippen LogP) is 6.01. The number of hydrogen-bond donors (Lipinski definition) is 0. The fraction of sp³-hybridized carbons (Fsp3) is 0.400. The Balaban J connectivity index is 1.38. The molecule has 0 N–H and O–H groups in total. The van der Waals surface area contributed by atoms with Crippen molar-refractivity contribution in [1.29, 1.82) is 0 Å². The van der Waals surface area contributed by atoms with E-state index in [-0.39, 0.29) is 11.2 Å². The van der Waals surface area contributed by atoms with Crippen molar-refractivity contribution >= 4 is 12.2 Å². The Bertz CT molecular complexity index is 1150. The quantitative estimate of drug-likeness (QED) is 0.486. The van der Waals surface area contributed by atoms with Crippen molar-refractivity contribution in [2.45, 2.75) is 56.1 Å². The molecule has 2 unspecified atom stereocenters. The normalized spacial score (nSPS) is 25.7. The fourth-order valence-electron chi connectivity index (χ4n) is 6.48. The summed E-state index contributed by atoms with van der Waals surface area (Å²) >= 11 is 0. The molecule has 1 spiro atoms. The van der Waals surface area contributed by atoms with Gasteiger partial charge in [0.25, 0.3) is 0 Å². The molecule has 6 rings (SSSR count). The average molecular weight is 453 g/mol. The van der Waals surface area contributed by atoms with Crippen molar-refractivity contribution in [1.82, 2.24) is 9.97 Å². The SMILES string of the molecule is C(=C\c1cc2c(cn1)C1(Cc3ccccn3)CCC3(CC1CCC2)OCCO3)/c1ccccc1. The first-order valence-corrected chi connectivity index (χ1v) is 12.7. The van der Waals surface area contributed by atoms with Gasteiger partial charge in [0.15, 0.2) is 5.79 Å². The first-order chi connectivity index (χ1) is 16.7. The molecule has 1 saturated heterocycles. The Hall–Kier alpha value is -2.82. The zero-order chi connectivity index (χ0) is 22.8. The molecule has 34 heavy (non-hydrogen) atoms. The minimum atomic E-state index is -0.380. The molecule has 0 amide bonds. The molecule has 2 atom stereocenters. The van der Waals surface area contributed by atoms with Crippen LogP contribution in [0.5, 0.6) is 0 Å². The highest BCUT2D eigenvalue weighted by atomic mass is 16.7. The zero-order valence-corrected chi connectivity index (χ0v) is 19.7. The van der Waals surface area contributed by atoms with E-state index in [1.54, 1.807) is 0 Å². The van der Waals surface area contributed by atoms with Crippen molar-refractivity contribution < 1.29 is 9.47 Å². The van der Waals surface area contributed by atoms with Crippen LogP contribution in [0.1, 0.15) is 60.2 Å². The monoisotopic (exact) mass is 452 g/mol. The third-order valence-corrected chi connectivity index (χ3v) is 8.12. The van der Waals surface area contributed by atoms with Crippen LogP contribution in [0.25, 0.3) is 12.2 Å². The molecule has 3 heterocycles. The van der Waals surface area contributed by atoms with Crippen LogP contribution in [0.2, 0.25) is 0 Å². The Morgan fingerprint density at radius 2 is 1.79 bits per heavy atom. The van der Waals surface area contributed by atoms with E-state index in [2.05, 4.69) is 60.8 Å². The number of aromatic nitrogens is 2. The third kappa shape index (κ3) is 4.10. The van der Waals surface area contributed by atoms with Crippen molar-refractivity contribution in [3.63, 3.8) is 0 Å². The molecule has 3 aromatic rings. The lowest BCUT2D eigenvalue weighted by molar-refractivity contribution is -0.199. The summed E-state index contributed by atoms with van der Waals surface area (Å²) in [6.07, 6.45) is 15.7. The van der Waals surface area contributed by atoms with E-state index in [1.165, 1.54) is 29.5 Å². The second-order valence-corrected chi connectivity index (χ2v) is 10.1. The Labute approximate surface area is 202 Å². The summed E-state index contributed by atoms with van der Waals surface area (Å²) in [7, 11) is 0. The van der Waals surface area contributed by atoms with Gasteiger partial charge in [0.1, 0.15) is 0 Å². The predicted molar refractivity (Wildman–Crippen MR) is 134 cm³/mol. The topological polar surface area (TPSA) is 44.2 Å². The first kappa shape index (κ1) is 21.7. The van der Waals surface area contributed by atoms with Gasteiger partial charge in [-0.25, -0.2) is 0 Å². The van der Waals surface area contributed by atoms with Crippen LogP contribution in [0.3, 0.4) is 0 Å². The lowest BCUT2D eigenvalue weighted by atomic mass is 9.58. The van der Waals surface area contributed by atoms with Crippen LogP contribution in [-0.4, -0.2) is 29.0 Å². The molecular weight excluding hydrogens is 420 g/mol. The number of pyridine rings is 2. The number of fused-ring (bicyclic) bond motifs is 3. The number of ether oxygens (including phenoxy) is 2. The highest BCUT2D eigenvalue weighted by Gasteiger charge is 2.53. The summed E-state index contributed by atoms with van der Waals surface area (Å²) in [5, 5.41) is 0. The van der Waals surface area contributed by atoms with E-state index in [4.69, 9.17) is 19.4 Å². The van der Waals surface area contributed by atoms with Gasteiger partial charge in [-0.2, -0.15) is 0 Å². The van der Waals surface area contributed by atoms with Crippen LogP contribution in [0, 0.1) is 5.92 Å². The van der Waals surface area contributed by atoms with E-state index in [0.717, 1.165) is 56.7 Å². The maximum atomic E-state index is 6.18. The van der Waals surface area contributed by atoms with Crippen LogP contribution < -0.4 is 0 Å². The lowest BCUT2D eigenvalue weighted by Crippen LogP contribution is -2.49. The molecule has 174 valence electrons. The minimum absolute atomic E-state index is 0.0232.